The van der Waals surface area contributed by atoms with Crippen molar-refractivity contribution in [2.75, 3.05) is 13.1 Å². The van der Waals surface area contributed by atoms with E-state index in [1.807, 2.05) is 0 Å². The predicted molar refractivity (Wildman–Crippen MR) is 62.7 cm³/mol. The summed E-state index contributed by atoms with van der Waals surface area (Å²) >= 11 is 0. The van der Waals surface area contributed by atoms with Crippen LogP contribution in [0.25, 0.3) is 0 Å². The molecule has 3 rings (SSSR count). The second-order valence-corrected chi connectivity index (χ2v) is 5.14. The third-order valence-corrected chi connectivity index (χ3v) is 3.77. The van der Waals surface area contributed by atoms with Gasteiger partial charge in [-0.25, -0.2) is 4.79 Å². The second kappa shape index (κ2) is 4.09. The van der Waals surface area contributed by atoms with Crippen LogP contribution in [-0.4, -0.2) is 23.1 Å². The van der Waals surface area contributed by atoms with Crippen LogP contribution in [0.15, 0.2) is 4.79 Å². The van der Waals surface area contributed by atoms with Gasteiger partial charge in [0.1, 0.15) is 0 Å². The quantitative estimate of drug-likeness (QED) is 0.716. The molecule has 0 unspecified atom stereocenters. The predicted octanol–water partition coefficient (Wildman–Crippen LogP) is 1.12. The van der Waals surface area contributed by atoms with Crippen LogP contribution in [0.1, 0.15) is 43.0 Å². The Labute approximate surface area is 94.8 Å². The molecule has 4 heteroatoms. The van der Waals surface area contributed by atoms with Gasteiger partial charge in [0.05, 0.1) is 0 Å². The van der Waals surface area contributed by atoms with Crippen LogP contribution in [0, 0.1) is 5.92 Å². The maximum absolute atomic E-state index is 11.4. The first-order chi connectivity index (χ1) is 7.83. The average Bonchev–Trinajstić information content (AvgIpc) is 3.06. The molecule has 0 spiro atoms. The summed E-state index contributed by atoms with van der Waals surface area (Å²) < 4.78 is 0. The summed E-state index contributed by atoms with van der Waals surface area (Å²) in [4.78, 5) is 17.3. The van der Waals surface area contributed by atoms with Crippen molar-refractivity contribution in [1.82, 2.24) is 15.3 Å². The molecule has 16 heavy (non-hydrogen) atoms. The van der Waals surface area contributed by atoms with Gasteiger partial charge in [-0.1, -0.05) is 0 Å². The fourth-order valence-electron chi connectivity index (χ4n) is 2.69. The molecule has 2 aliphatic rings. The number of rotatable bonds is 3. The van der Waals surface area contributed by atoms with E-state index in [9.17, 15) is 4.79 Å². The third-order valence-electron chi connectivity index (χ3n) is 3.77. The van der Waals surface area contributed by atoms with E-state index < -0.39 is 0 Å². The fraction of sp³-hybridized carbons (Fsp3) is 0.750. The number of aromatic nitrogens is 2. The van der Waals surface area contributed by atoms with E-state index in [1.165, 1.54) is 37.1 Å². The lowest BCUT2D eigenvalue weighted by molar-refractivity contribution is 0.369. The molecule has 1 aliphatic heterocycles. The van der Waals surface area contributed by atoms with Gasteiger partial charge in [0.15, 0.2) is 0 Å². The highest BCUT2D eigenvalue weighted by Crippen LogP contribution is 2.40. The van der Waals surface area contributed by atoms with E-state index in [0.29, 0.717) is 5.92 Å². The Morgan fingerprint density at radius 1 is 1.06 bits per heavy atom. The number of hydrogen-bond acceptors (Lipinski definition) is 2. The number of aromatic amines is 2. The zero-order valence-corrected chi connectivity index (χ0v) is 9.51. The van der Waals surface area contributed by atoms with E-state index in [4.69, 9.17) is 0 Å². The summed E-state index contributed by atoms with van der Waals surface area (Å²) in [5, 5.41) is 3.38. The fourth-order valence-corrected chi connectivity index (χ4v) is 2.69. The van der Waals surface area contributed by atoms with Crippen molar-refractivity contribution in [3.63, 3.8) is 0 Å². The SMILES string of the molecule is O=c1[nH]c(CC2CCNCC2)c(C2CC2)[nH]1. The lowest BCUT2D eigenvalue weighted by Gasteiger charge is -2.22. The van der Waals surface area contributed by atoms with Gasteiger partial charge in [-0.2, -0.15) is 0 Å². The first kappa shape index (κ1) is 10.1. The highest BCUT2D eigenvalue weighted by atomic mass is 16.1. The highest BCUT2D eigenvalue weighted by Gasteiger charge is 2.29. The van der Waals surface area contributed by atoms with Gasteiger partial charge in [0, 0.05) is 17.3 Å². The number of hydrogen-bond donors (Lipinski definition) is 3. The molecule has 0 radical (unpaired) electrons. The minimum absolute atomic E-state index is 0.0224. The molecule has 0 amide bonds. The summed E-state index contributed by atoms with van der Waals surface area (Å²) in [5.74, 6) is 1.38. The molecule has 88 valence electrons. The topological polar surface area (TPSA) is 60.7 Å². The smallest absolute Gasteiger partial charge is 0.317 e. The number of H-pyrrole nitrogens is 2. The Bertz CT molecular complexity index is 410. The molecule has 2 heterocycles. The maximum atomic E-state index is 11.4. The lowest BCUT2D eigenvalue weighted by Crippen LogP contribution is -2.28. The molecule has 0 atom stereocenters. The van der Waals surface area contributed by atoms with Gasteiger partial charge in [0.2, 0.25) is 0 Å². The molecule has 1 aliphatic carbocycles. The van der Waals surface area contributed by atoms with Crippen LogP contribution in [-0.2, 0) is 6.42 Å². The van der Waals surface area contributed by atoms with Crippen molar-refractivity contribution >= 4 is 0 Å². The zero-order chi connectivity index (χ0) is 11.0. The minimum Gasteiger partial charge on any atom is -0.317 e. The van der Waals surface area contributed by atoms with Crippen LogP contribution < -0.4 is 11.0 Å². The van der Waals surface area contributed by atoms with Crippen LogP contribution in [0.5, 0.6) is 0 Å². The van der Waals surface area contributed by atoms with Crippen molar-refractivity contribution in [2.45, 2.75) is 38.0 Å². The van der Waals surface area contributed by atoms with Crippen molar-refractivity contribution in [2.24, 2.45) is 5.92 Å². The minimum atomic E-state index is -0.0224. The largest absolute Gasteiger partial charge is 0.323 e. The van der Waals surface area contributed by atoms with E-state index in [-0.39, 0.29) is 5.69 Å². The van der Waals surface area contributed by atoms with E-state index in [0.717, 1.165) is 25.4 Å². The maximum Gasteiger partial charge on any atom is 0.323 e. The van der Waals surface area contributed by atoms with Crippen LogP contribution in [0.2, 0.25) is 0 Å². The second-order valence-electron chi connectivity index (χ2n) is 5.14. The van der Waals surface area contributed by atoms with Gasteiger partial charge >= 0.3 is 5.69 Å². The van der Waals surface area contributed by atoms with Crippen LogP contribution in [0.4, 0.5) is 0 Å². The molecule has 1 aromatic rings. The molecule has 3 N–H and O–H groups in total. The first-order valence-electron chi connectivity index (χ1n) is 6.34. The third kappa shape index (κ3) is 2.07. The Balaban J connectivity index is 1.74. The number of piperidine rings is 1. The molecule has 0 aromatic carbocycles. The highest BCUT2D eigenvalue weighted by molar-refractivity contribution is 5.21. The summed E-state index contributed by atoms with van der Waals surface area (Å²) in [6, 6.07) is 0. The Morgan fingerprint density at radius 2 is 1.81 bits per heavy atom. The molecular weight excluding hydrogens is 202 g/mol. The summed E-state index contributed by atoms with van der Waals surface area (Å²) in [6.45, 7) is 2.25. The van der Waals surface area contributed by atoms with Gasteiger partial charge in [-0.3, -0.25) is 0 Å². The van der Waals surface area contributed by atoms with Gasteiger partial charge in [0.25, 0.3) is 0 Å². The summed E-state index contributed by atoms with van der Waals surface area (Å²) in [5.41, 5.74) is 2.36. The first-order valence-corrected chi connectivity index (χ1v) is 6.34. The summed E-state index contributed by atoms with van der Waals surface area (Å²) in [6.07, 6.45) is 6.00. The van der Waals surface area contributed by atoms with Crippen molar-refractivity contribution in [1.29, 1.82) is 0 Å². The number of nitrogens with one attached hydrogen (secondary N) is 3. The normalized spacial score (nSPS) is 22.5. The molecule has 2 fully saturated rings. The van der Waals surface area contributed by atoms with Crippen LogP contribution >= 0.6 is 0 Å². The molecule has 1 aromatic heterocycles. The van der Waals surface area contributed by atoms with Crippen molar-refractivity contribution in [3.05, 3.63) is 21.9 Å². The summed E-state index contributed by atoms with van der Waals surface area (Å²) in [7, 11) is 0. The van der Waals surface area contributed by atoms with Crippen molar-refractivity contribution < 1.29 is 0 Å². The average molecular weight is 221 g/mol. The molecular formula is C12H19N3O. The van der Waals surface area contributed by atoms with Crippen LogP contribution in [0.3, 0.4) is 0 Å². The monoisotopic (exact) mass is 221 g/mol. The molecule has 0 bridgehead atoms. The molecule has 4 nitrogen and oxygen atoms in total. The van der Waals surface area contributed by atoms with E-state index in [2.05, 4.69) is 15.3 Å². The van der Waals surface area contributed by atoms with Gasteiger partial charge in [-0.05, 0) is 51.1 Å². The molecule has 1 saturated heterocycles. The number of imidazole rings is 1. The molecule has 1 saturated carbocycles. The van der Waals surface area contributed by atoms with Gasteiger partial charge in [-0.15, -0.1) is 0 Å². The zero-order valence-electron chi connectivity index (χ0n) is 9.51. The van der Waals surface area contributed by atoms with Crippen molar-refractivity contribution in [3.8, 4) is 0 Å². The van der Waals surface area contributed by atoms with E-state index >= 15 is 0 Å². The van der Waals surface area contributed by atoms with E-state index in [1.54, 1.807) is 0 Å². The Kier molecular flexibility index (Phi) is 2.59. The van der Waals surface area contributed by atoms with Gasteiger partial charge < -0.3 is 15.3 Å². The Morgan fingerprint density at radius 3 is 2.50 bits per heavy atom. The standard InChI is InChI=1S/C12H19N3O/c16-12-14-10(11(15-12)9-1-2-9)7-8-3-5-13-6-4-8/h8-9,13H,1-7H2,(H2,14,15,16). The Hall–Kier alpha value is -1.03. The lowest BCUT2D eigenvalue weighted by atomic mass is 9.92.